The number of hydrogen-bond acceptors (Lipinski definition) is 3. The molecule has 4 nitrogen and oxygen atoms in total. The fourth-order valence-electron chi connectivity index (χ4n) is 2.74. The largest absolute Gasteiger partial charge is 0.250 e. The van der Waals surface area contributed by atoms with Crippen LogP contribution < -0.4 is 0 Å². The zero-order valence-corrected chi connectivity index (χ0v) is 16.8. The maximum atomic E-state index is 13.8. The minimum absolute atomic E-state index is 0.0741. The van der Waals surface area contributed by atoms with Crippen molar-refractivity contribution in [1.82, 2.24) is 4.31 Å². The summed E-state index contributed by atoms with van der Waals surface area (Å²) in [6.07, 6.45) is 0.913. The lowest BCUT2D eigenvalue weighted by molar-refractivity contribution is 0.381. The molecule has 0 saturated heterocycles. The normalized spacial score (nSPS) is 12.1. The van der Waals surface area contributed by atoms with Crippen molar-refractivity contribution in [3.63, 3.8) is 0 Å². The zero-order chi connectivity index (χ0) is 22.8. The number of aliphatic imine (C=N–C) groups is 1. The molecule has 0 unspecified atom stereocenters. The van der Waals surface area contributed by atoms with Crippen molar-refractivity contribution >= 4 is 21.9 Å². The quantitative estimate of drug-likeness (QED) is 0.229. The Bertz CT molecular complexity index is 1220. The Morgan fingerprint density at radius 1 is 0.806 bits per heavy atom. The van der Waals surface area contributed by atoms with E-state index in [1.807, 2.05) is 0 Å². The number of sulfonamides is 1. The molecule has 0 heterocycles. The first-order valence-electron chi connectivity index (χ1n) is 8.79. The third kappa shape index (κ3) is 4.49. The summed E-state index contributed by atoms with van der Waals surface area (Å²) in [7, 11) is -2.47. The van der Waals surface area contributed by atoms with E-state index in [0.29, 0.717) is 5.56 Å². The molecule has 3 aromatic rings. The van der Waals surface area contributed by atoms with E-state index < -0.39 is 44.8 Å². The molecule has 0 N–H and O–H groups in total. The van der Waals surface area contributed by atoms with Crippen LogP contribution in [0.5, 0.6) is 0 Å². The molecule has 0 amide bonds. The Labute approximate surface area is 175 Å². The second-order valence-corrected chi connectivity index (χ2v) is 8.49. The molecule has 10 heteroatoms. The molecular formula is C21H15F5N2O2S. The van der Waals surface area contributed by atoms with E-state index in [4.69, 9.17) is 0 Å². The van der Waals surface area contributed by atoms with Crippen LogP contribution in [0.2, 0.25) is 0 Å². The van der Waals surface area contributed by atoms with Gasteiger partial charge in [-0.15, -0.1) is 0 Å². The van der Waals surface area contributed by atoms with Crippen molar-refractivity contribution in [3.05, 3.63) is 94.8 Å². The summed E-state index contributed by atoms with van der Waals surface area (Å²) in [5.41, 5.74) is -0.699. The Morgan fingerprint density at radius 3 is 1.94 bits per heavy atom. The number of benzene rings is 3. The highest BCUT2D eigenvalue weighted by Crippen LogP contribution is 2.29. The first-order chi connectivity index (χ1) is 14.6. The van der Waals surface area contributed by atoms with Crippen molar-refractivity contribution in [3.8, 4) is 0 Å². The van der Waals surface area contributed by atoms with Crippen molar-refractivity contribution in [2.75, 3.05) is 7.05 Å². The van der Waals surface area contributed by atoms with E-state index in [0.717, 1.165) is 10.5 Å². The highest BCUT2D eigenvalue weighted by Gasteiger charge is 2.25. The summed E-state index contributed by atoms with van der Waals surface area (Å²) in [5, 5.41) is 0. The van der Waals surface area contributed by atoms with Gasteiger partial charge in [0.15, 0.2) is 23.3 Å². The number of hydrogen-bond donors (Lipinski definition) is 0. The van der Waals surface area contributed by atoms with Gasteiger partial charge >= 0.3 is 0 Å². The Balaban J connectivity index is 1.94. The topological polar surface area (TPSA) is 49.7 Å². The molecular weight excluding hydrogens is 439 g/mol. The molecule has 0 radical (unpaired) electrons. The lowest BCUT2D eigenvalue weighted by Crippen LogP contribution is -2.26. The highest BCUT2D eigenvalue weighted by molar-refractivity contribution is 7.89. The maximum absolute atomic E-state index is 13.8. The second-order valence-electron chi connectivity index (χ2n) is 6.45. The van der Waals surface area contributed by atoms with Gasteiger partial charge in [0.05, 0.1) is 4.90 Å². The third-order valence-electron chi connectivity index (χ3n) is 4.42. The Morgan fingerprint density at radius 2 is 1.32 bits per heavy atom. The molecule has 0 saturated carbocycles. The zero-order valence-electron chi connectivity index (χ0n) is 16.0. The fraction of sp³-hybridized carbons (Fsp3) is 0.0952. The Kier molecular flexibility index (Phi) is 6.51. The lowest BCUT2D eigenvalue weighted by atomic mass is 10.1. The first-order valence-corrected chi connectivity index (χ1v) is 10.2. The summed E-state index contributed by atoms with van der Waals surface area (Å²) < 4.78 is 94.0. The first kappa shape index (κ1) is 22.6. The summed E-state index contributed by atoms with van der Waals surface area (Å²) >= 11 is 0. The molecule has 0 aliphatic heterocycles. The van der Waals surface area contributed by atoms with Crippen LogP contribution >= 0.6 is 0 Å². The molecule has 0 fully saturated rings. The average molecular weight is 454 g/mol. The number of halogens is 5. The van der Waals surface area contributed by atoms with E-state index in [1.165, 1.54) is 25.2 Å². The van der Waals surface area contributed by atoms with Crippen LogP contribution in [0.3, 0.4) is 0 Å². The standard InChI is InChI=1S/C21H15F5N2O2S/c1-28(31(29,30)15-9-3-2-4-10-15)12-14-8-6-5-7-13(14)11-27-21-19(25)17(23)16(22)18(24)20(21)26/h2-11H,12H2,1H3. The Hall–Kier alpha value is -3.11. The van der Waals surface area contributed by atoms with Gasteiger partial charge in [0.1, 0.15) is 5.69 Å². The van der Waals surface area contributed by atoms with Gasteiger partial charge in [-0.25, -0.2) is 35.4 Å². The van der Waals surface area contributed by atoms with Gasteiger partial charge in [-0.2, -0.15) is 4.31 Å². The van der Waals surface area contributed by atoms with Crippen molar-refractivity contribution in [2.24, 2.45) is 4.99 Å². The van der Waals surface area contributed by atoms with E-state index in [2.05, 4.69) is 4.99 Å². The van der Waals surface area contributed by atoms with Crippen molar-refractivity contribution in [2.45, 2.75) is 11.4 Å². The van der Waals surface area contributed by atoms with Gasteiger partial charge in [-0.3, -0.25) is 0 Å². The predicted molar refractivity (Wildman–Crippen MR) is 105 cm³/mol. The van der Waals surface area contributed by atoms with Gasteiger partial charge in [0.25, 0.3) is 0 Å². The lowest BCUT2D eigenvalue weighted by Gasteiger charge is -2.18. The molecule has 0 bridgehead atoms. The molecule has 0 aromatic heterocycles. The molecule has 3 aromatic carbocycles. The molecule has 0 aliphatic carbocycles. The van der Waals surface area contributed by atoms with Gasteiger partial charge in [-0.05, 0) is 23.3 Å². The summed E-state index contributed by atoms with van der Waals surface area (Å²) in [6, 6.07) is 13.9. The smallest absolute Gasteiger partial charge is 0.243 e. The summed E-state index contributed by atoms with van der Waals surface area (Å²) in [6.45, 7) is -0.128. The van der Waals surface area contributed by atoms with Crippen LogP contribution in [0.25, 0.3) is 0 Å². The number of rotatable bonds is 6. The average Bonchev–Trinajstić information content (AvgIpc) is 2.78. The predicted octanol–water partition coefficient (Wildman–Crippen LogP) is 4.95. The molecule has 3 rings (SSSR count). The van der Waals surface area contributed by atoms with Crippen LogP contribution in [0, 0.1) is 29.1 Å². The molecule has 0 spiro atoms. The van der Waals surface area contributed by atoms with Gasteiger partial charge < -0.3 is 0 Å². The second kappa shape index (κ2) is 8.94. The minimum atomic E-state index is -3.82. The van der Waals surface area contributed by atoms with Crippen molar-refractivity contribution < 1.29 is 30.4 Å². The van der Waals surface area contributed by atoms with E-state index in [9.17, 15) is 30.4 Å². The third-order valence-corrected chi connectivity index (χ3v) is 6.24. The van der Waals surface area contributed by atoms with E-state index in [-0.39, 0.29) is 17.0 Å². The van der Waals surface area contributed by atoms with Crippen LogP contribution in [-0.4, -0.2) is 26.0 Å². The van der Waals surface area contributed by atoms with Gasteiger partial charge in [-0.1, -0.05) is 42.5 Å². The molecule has 162 valence electrons. The van der Waals surface area contributed by atoms with E-state index >= 15 is 0 Å². The van der Waals surface area contributed by atoms with Gasteiger partial charge in [0.2, 0.25) is 15.8 Å². The van der Waals surface area contributed by atoms with Crippen LogP contribution in [0.1, 0.15) is 11.1 Å². The molecule has 0 atom stereocenters. The maximum Gasteiger partial charge on any atom is 0.243 e. The molecule has 0 aliphatic rings. The summed E-state index contributed by atoms with van der Waals surface area (Å²) in [5.74, 6) is -10.6. The van der Waals surface area contributed by atoms with Crippen LogP contribution in [0.4, 0.5) is 27.6 Å². The minimum Gasteiger partial charge on any atom is -0.250 e. The molecule has 31 heavy (non-hydrogen) atoms. The fourth-order valence-corrected chi connectivity index (χ4v) is 3.91. The van der Waals surface area contributed by atoms with Gasteiger partial charge in [0, 0.05) is 19.8 Å². The van der Waals surface area contributed by atoms with Crippen LogP contribution in [0.15, 0.2) is 64.5 Å². The van der Waals surface area contributed by atoms with Crippen molar-refractivity contribution in [1.29, 1.82) is 0 Å². The van der Waals surface area contributed by atoms with Crippen LogP contribution in [-0.2, 0) is 16.6 Å². The monoisotopic (exact) mass is 454 g/mol. The number of nitrogens with zero attached hydrogens (tertiary/aromatic N) is 2. The summed E-state index contributed by atoms with van der Waals surface area (Å²) in [4.78, 5) is 3.51. The van der Waals surface area contributed by atoms with E-state index in [1.54, 1.807) is 36.4 Å². The SMILES string of the molecule is CN(Cc1ccccc1C=Nc1c(F)c(F)c(F)c(F)c1F)S(=O)(=O)c1ccccc1. The highest BCUT2D eigenvalue weighted by atomic mass is 32.2.